The van der Waals surface area contributed by atoms with Crippen molar-refractivity contribution >= 4 is 15.9 Å². The lowest BCUT2D eigenvalue weighted by molar-refractivity contribution is -0.120. The average Bonchev–Trinajstić information content (AvgIpc) is 2.64. The van der Waals surface area contributed by atoms with Crippen molar-refractivity contribution in [1.29, 1.82) is 0 Å². The first kappa shape index (κ1) is 20.7. The second kappa shape index (κ2) is 9.33. The summed E-state index contributed by atoms with van der Waals surface area (Å²) in [4.78, 5) is 13.9. The van der Waals surface area contributed by atoms with Crippen LogP contribution in [-0.4, -0.2) is 27.5 Å². The molecule has 0 saturated heterocycles. The van der Waals surface area contributed by atoms with Crippen LogP contribution in [0.4, 0.5) is 4.39 Å². The molecular formula is C18H21FN2O5S. The number of hydrazine groups is 1. The van der Waals surface area contributed by atoms with E-state index in [-0.39, 0.29) is 11.3 Å². The molecule has 0 radical (unpaired) electrons. The van der Waals surface area contributed by atoms with E-state index in [4.69, 9.17) is 9.47 Å². The average molecular weight is 396 g/mol. The third kappa shape index (κ3) is 5.93. The molecule has 9 heteroatoms. The number of carbonyl (C=O) groups excluding carboxylic acids is 1. The molecule has 0 bridgehead atoms. The maximum absolute atomic E-state index is 12.9. The van der Waals surface area contributed by atoms with E-state index in [0.717, 1.165) is 0 Å². The van der Waals surface area contributed by atoms with E-state index in [1.807, 2.05) is 4.83 Å². The largest absolute Gasteiger partial charge is 0.490 e. The Morgan fingerprint density at radius 3 is 2.26 bits per heavy atom. The van der Waals surface area contributed by atoms with Crippen molar-refractivity contribution in [3.8, 4) is 11.5 Å². The van der Waals surface area contributed by atoms with Crippen LogP contribution in [0.2, 0.25) is 0 Å². The molecule has 0 saturated carbocycles. The molecule has 0 spiro atoms. The lowest BCUT2D eigenvalue weighted by atomic mass is 10.1. The molecule has 0 aliphatic heterocycles. The maximum Gasteiger partial charge on any atom is 0.257 e. The summed E-state index contributed by atoms with van der Waals surface area (Å²) >= 11 is 0. The second-order valence-corrected chi connectivity index (χ2v) is 7.11. The Morgan fingerprint density at radius 1 is 1.00 bits per heavy atom. The topological polar surface area (TPSA) is 93.7 Å². The van der Waals surface area contributed by atoms with Crippen LogP contribution < -0.4 is 19.7 Å². The molecule has 2 N–H and O–H groups in total. The zero-order valence-electron chi connectivity index (χ0n) is 15.0. The van der Waals surface area contributed by atoms with Crippen molar-refractivity contribution < 1.29 is 27.1 Å². The van der Waals surface area contributed by atoms with Gasteiger partial charge in [0.05, 0.1) is 24.5 Å². The summed E-state index contributed by atoms with van der Waals surface area (Å²) in [6.07, 6.45) is -0.101. The molecule has 0 aliphatic carbocycles. The highest BCUT2D eigenvalue weighted by atomic mass is 32.2. The first-order valence-electron chi connectivity index (χ1n) is 8.30. The zero-order valence-corrected chi connectivity index (χ0v) is 15.8. The van der Waals surface area contributed by atoms with Crippen molar-refractivity contribution in [2.24, 2.45) is 0 Å². The van der Waals surface area contributed by atoms with Gasteiger partial charge in [0.15, 0.2) is 11.5 Å². The first-order chi connectivity index (χ1) is 12.9. The molecule has 0 unspecified atom stereocenters. The van der Waals surface area contributed by atoms with E-state index in [1.54, 1.807) is 13.8 Å². The second-order valence-electron chi connectivity index (χ2n) is 5.43. The zero-order chi connectivity index (χ0) is 19.9. The number of hydrogen-bond donors (Lipinski definition) is 2. The van der Waals surface area contributed by atoms with Crippen LogP contribution in [0.1, 0.15) is 19.4 Å². The summed E-state index contributed by atoms with van der Waals surface area (Å²) in [7, 11) is -4.00. The normalized spacial score (nSPS) is 11.1. The maximum atomic E-state index is 12.9. The van der Waals surface area contributed by atoms with Gasteiger partial charge in [-0.1, -0.05) is 12.1 Å². The van der Waals surface area contributed by atoms with E-state index in [2.05, 4.69) is 5.43 Å². The third-order valence-electron chi connectivity index (χ3n) is 3.43. The van der Waals surface area contributed by atoms with E-state index in [0.29, 0.717) is 30.3 Å². The molecule has 2 aromatic carbocycles. The van der Waals surface area contributed by atoms with Crippen molar-refractivity contribution in [1.82, 2.24) is 10.3 Å². The van der Waals surface area contributed by atoms with Gasteiger partial charge in [-0.2, -0.15) is 0 Å². The molecule has 1 amide bonds. The smallest absolute Gasteiger partial charge is 0.257 e. The van der Waals surface area contributed by atoms with Crippen LogP contribution in [0, 0.1) is 5.82 Å². The van der Waals surface area contributed by atoms with Crippen molar-refractivity contribution in [3.05, 3.63) is 53.8 Å². The van der Waals surface area contributed by atoms with Crippen LogP contribution in [0.3, 0.4) is 0 Å². The summed E-state index contributed by atoms with van der Waals surface area (Å²) in [6.45, 7) is 4.32. The number of ether oxygens (including phenoxy) is 2. The molecule has 2 rings (SSSR count). The van der Waals surface area contributed by atoms with Crippen LogP contribution in [0.15, 0.2) is 47.4 Å². The highest BCUT2D eigenvalue weighted by molar-refractivity contribution is 7.89. The standard InChI is InChI=1S/C18H21FN2O5S/c1-3-25-16-10-9-15(12-17(16)26-4-2)27(23,24)21-20-18(22)11-13-5-7-14(19)8-6-13/h5-10,12,21H,3-4,11H2,1-2H3,(H,20,22). The Kier molecular flexibility index (Phi) is 7.14. The quantitative estimate of drug-likeness (QED) is 0.634. The van der Waals surface area contributed by atoms with Crippen LogP contribution in [0.5, 0.6) is 11.5 Å². The molecule has 7 nitrogen and oxygen atoms in total. The molecule has 0 aliphatic rings. The predicted molar refractivity (Wildman–Crippen MR) is 97.3 cm³/mol. The molecule has 146 valence electrons. The number of carbonyl (C=O) groups is 1. The molecule has 0 fully saturated rings. The lowest BCUT2D eigenvalue weighted by Crippen LogP contribution is -2.42. The molecular weight excluding hydrogens is 375 g/mol. The van der Waals surface area contributed by atoms with Gasteiger partial charge in [0, 0.05) is 6.07 Å². The molecule has 0 aromatic heterocycles. The minimum absolute atomic E-state index is 0.0866. The number of rotatable bonds is 9. The summed E-state index contributed by atoms with van der Waals surface area (Å²) < 4.78 is 48.4. The van der Waals surface area contributed by atoms with E-state index in [9.17, 15) is 17.6 Å². The van der Waals surface area contributed by atoms with Gasteiger partial charge in [-0.3, -0.25) is 10.2 Å². The van der Waals surface area contributed by atoms with Gasteiger partial charge in [0.1, 0.15) is 5.82 Å². The van der Waals surface area contributed by atoms with E-state index < -0.39 is 21.7 Å². The third-order valence-corrected chi connectivity index (χ3v) is 4.67. The van der Waals surface area contributed by atoms with Gasteiger partial charge < -0.3 is 9.47 Å². The summed E-state index contributed by atoms with van der Waals surface area (Å²) in [5, 5.41) is 0. The number of nitrogens with one attached hydrogen (secondary N) is 2. The number of sulfonamides is 1. The van der Waals surface area contributed by atoms with Crippen molar-refractivity contribution in [3.63, 3.8) is 0 Å². The SMILES string of the molecule is CCOc1ccc(S(=O)(=O)NNC(=O)Cc2ccc(F)cc2)cc1OCC. The van der Waals surface area contributed by atoms with Gasteiger partial charge in [-0.25, -0.2) is 12.8 Å². The monoisotopic (exact) mass is 396 g/mol. The predicted octanol–water partition coefficient (Wildman–Crippen LogP) is 2.18. The molecule has 27 heavy (non-hydrogen) atoms. The van der Waals surface area contributed by atoms with Crippen LogP contribution >= 0.6 is 0 Å². The Morgan fingerprint density at radius 2 is 1.63 bits per heavy atom. The van der Waals surface area contributed by atoms with Gasteiger partial charge in [0.25, 0.3) is 10.0 Å². The fourth-order valence-electron chi connectivity index (χ4n) is 2.21. The summed E-state index contributed by atoms with van der Waals surface area (Å²) in [5.41, 5.74) is 2.68. The number of halogens is 1. The summed E-state index contributed by atoms with van der Waals surface area (Å²) in [5.74, 6) is -0.278. The minimum atomic E-state index is -4.00. The number of benzene rings is 2. The van der Waals surface area contributed by atoms with Crippen LogP contribution in [-0.2, 0) is 21.2 Å². The highest BCUT2D eigenvalue weighted by Gasteiger charge is 2.18. The Bertz CT molecular complexity index is 885. The Labute approximate surface area is 157 Å². The lowest BCUT2D eigenvalue weighted by Gasteiger charge is -2.13. The van der Waals surface area contributed by atoms with Crippen molar-refractivity contribution in [2.75, 3.05) is 13.2 Å². The fraction of sp³-hybridized carbons (Fsp3) is 0.278. The van der Waals surface area contributed by atoms with Gasteiger partial charge in [-0.15, -0.1) is 4.83 Å². The molecule has 0 atom stereocenters. The Hall–Kier alpha value is -2.65. The molecule has 2 aromatic rings. The van der Waals surface area contributed by atoms with Crippen molar-refractivity contribution in [2.45, 2.75) is 25.2 Å². The van der Waals surface area contributed by atoms with Crippen LogP contribution in [0.25, 0.3) is 0 Å². The minimum Gasteiger partial charge on any atom is -0.490 e. The highest BCUT2D eigenvalue weighted by Crippen LogP contribution is 2.30. The van der Waals surface area contributed by atoms with Gasteiger partial charge >= 0.3 is 0 Å². The van der Waals surface area contributed by atoms with Gasteiger partial charge in [0.2, 0.25) is 5.91 Å². The summed E-state index contributed by atoms with van der Waals surface area (Å²) in [6, 6.07) is 9.51. The Balaban J connectivity index is 2.05. The van der Waals surface area contributed by atoms with E-state index >= 15 is 0 Å². The first-order valence-corrected chi connectivity index (χ1v) is 9.78. The van der Waals surface area contributed by atoms with Gasteiger partial charge in [-0.05, 0) is 43.7 Å². The fourth-order valence-corrected chi connectivity index (χ4v) is 3.09. The molecule has 0 heterocycles. The number of hydrogen-bond acceptors (Lipinski definition) is 5. The number of amides is 1. The van der Waals surface area contributed by atoms with E-state index in [1.165, 1.54) is 42.5 Å².